The molecule has 0 aliphatic heterocycles. The zero-order valence-electron chi connectivity index (χ0n) is 12.2. The van der Waals surface area contributed by atoms with E-state index in [1.54, 1.807) is 10.6 Å². The number of carbonyl (C=O) groups excluding carboxylic acids is 1. The number of hydrogen-bond donors (Lipinski definition) is 1. The second kappa shape index (κ2) is 5.76. The minimum Gasteiger partial charge on any atom is -0.408 e. The molecule has 1 N–H and O–H groups in total. The number of aromatic nitrogens is 1. The Balaban J connectivity index is 1.71. The summed E-state index contributed by atoms with van der Waals surface area (Å²) in [5.74, 6) is -0.121. The molecule has 0 bridgehead atoms. The first-order chi connectivity index (χ1) is 10.1. The lowest BCUT2D eigenvalue weighted by molar-refractivity contribution is -0.125. The van der Waals surface area contributed by atoms with Crippen molar-refractivity contribution in [3.63, 3.8) is 0 Å². The maximum atomic E-state index is 12.1. The summed E-state index contributed by atoms with van der Waals surface area (Å²) in [6.07, 6.45) is 4.23. The molecule has 1 aromatic heterocycles. The minimum absolute atomic E-state index is 0.100. The smallest absolute Gasteiger partial charge is 0.408 e. The Hall–Kier alpha value is -2.04. The van der Waals surface area contributed by atoms with Gasteiger partial charge in [0.05, 0.1) is 5.52 Å². The van der Waals surface area contributed by atoms with Crippen molar-refractivity contribution in [3.05, 3.63) is 34.8 Å². The number of oxazole rings is 1. The summed E-state index contributed by atoms with van der Waals surface area (Å²) in [5.41, 5.74) is 1.35. The molecule has 1 atom stereocenters. The molecule has 5 nitrogen and oxygen atoms in total. The predicted molar refractivity (Wildman–Crippen MR) is 80.0 cm³/mol. The number of hydrogen-bond acceptors (Lipinski definition) is 3. The van der Waals surface area contributed by atoms with Crippen LogP contribution in [0.2, 0.25) is 0 Å². The fourth-order valence-electron chi connectivity index (χ4n) is 3.06. The van der Waals surface area contributed by atoms with Crippen LogP contribution < -0.4 is 11.1 Å². The van der Waals surface area contributed by atoms with Crippen LogP contribution >= 0.6 is 0 Å². The molecule has 0 spiro atoms. The SMILES string of the molecule is C[C@H](Cn1c(=O)oc2ccccc21)NC(=O)C1CCCC1. The van der Waals surface area contributed by atoms with Crippen molar-refractivity contribution in [2.45, 2.75) is 45.2 Å². The third-order valence-electron chi connectivity index (χ3n) is 4.14. The van der Waals surface area contributed by atoms with Crippen LogP contribution in [0.15, 0.2) is 33.5 Å². The molecule has 1 heterocycles. The summed E-state index contributed by atoms with van der Waals surface area (Å²) < 4.78 is 6.78. The number of nitrogens with one attached hydrogen (secondary N) is 1. The summed E-state index contributed by atoms with van der Waals surface area (Å²) in [4.78, 5) is 24.0. The van der Waals surface area contributed by atoms with Gasteiger partial charge < -0.3 is 9.73 Å². The maximum Gasteiger partial charge on any atom is 0.420 e. The lowest BCUT2D eigenvalue weighted by Crippen LogP contribution is -2.40. The number of benzene rings is 1. The van der Waals surface area contributed by atoms with Crippen LogP contribution in [0.4, 0.5) is 0 Å². The average molecular weight is 288 g/mol. The van der Waals surface area contributed by atoms with Gasteiger partial charge in [-0.25, -0.2) is 4.79 Å². The first-order valence-corrected chi connectivity index (χ1v) is 7.54. The van der Waals surface area contributed by atoms with E-state index in [0.717, 1.165) is 31.2 Å². The third-order valence-corrected chi connectivity index (χ3v) is 4.14. The molecule has 1 aliphatic carbocycles. The Labute approximate surface area is 122 Å². The number of nitrogens with zero attached hydrogens (tertiary/aromatic N) is 1. The van der Waals surface area contributed by atoms with E-state index in [1.165, 1.54) is 0 Å². The van der Waals surface area contributed by atoms with Crippen molar-refractivity contribution in [2.75, 3.05) is 0 Å². The lowest BCUT2D eigenvalue weighted by Gasteiger charge is -2.17. The highest BCUT2D eigenvalue weighted by Crippen LogP contribution is 2.24. The van der Waals surface area contributed by atoms with Crippen LogP contribution in [-0.4, -0.2) is 16.5 Å². The van der Waals surface area contributed by atoms with Crippen molar-refractivity contribution in [1.29, 1.82) is 0 Å². The van der Waals surface area contributed by atoms with E-state index in [1.807, 2.05) is 25.1 Å². The predicted octanol–water partition coefficient (Wildman–Crippen LogP) is 2.29. The molecule has 5 heteroatoms. The van der Waals surface area contributed by atoms with Crippen molar-refractivity contribution in [1.82, 2.24) is 9.88 Å². The molecule has 1 saturated carbocycles. The van der Waals surface area contributed by atoms with Gasteiger partial charge in [0.15, 0.2) is 5.58 Å². The minimum atomic E-state index is -0.377. The Morgan fingerprint density at radius 2 is 2.10 bits per heavy atom. The van der Waals surface area contributed by atoms with Crippen LogP contribution in [0.25, 0.3) is 11.1 Å². The van der Waals surface area contributed by atoms with Gasteiger partial charge in [0.25, 0.3) is 0 Å². The number of carbonyl (C=O) groups is 1. The largest absolute Gasteiger partial charge is 0.420 e. The van der Waals surface area contributed by atoms with Gasteiger partial charge >= 0.3 is 5.76 Å². The highest BCUT2D eigenvalue weighted by Gasteiger charge is 2.24. The molecule has 21 heavy (non-hydrogen) atoms. The monoisotopic (exact) mass is 288 g/mol. The van der Waals surface area contributed by atoms with Crippen molar-refractivity contribution in [2.24, 2.45) is 5.92 Å². The Bertz CT molecular complexity index is 695. The van der Waals surface area contributed by atoms with Crippen molar-refractivity contribution < 1.29 is 9.21 Å². The summed E-state index contributed by atoms with van der Waals surface area (Å²) in [6.45, 7) is 2.34. The van der Waals surface area contributed by atoms with Crippen LogP contribution in [-0.2, 0) is 11.3 Å². The van der Waals surface area contributed by atoms with Crippen LogP contribution in [0.5, 0.6) is 0 Å². The van der Waals surface area contributed by atoms with Gasteiger partial charge in [-0.15, -0.1) is 0 Å². The van der Waals surface area contributed by atoms with E-state index in [4.69, 9.17) is 4.42 Å². The van der Waals surface area contributed by atoms with E-state index in [9.17, 15) is 9.59 Å². The first kappa shape index (κ1) is 13.9. The molecule has 2 aromatic rings. The summed E-state index contributed by atoms with van der Waals surface area (Å²) in [6, 6.07) is 7.23. The van der Waals surface area contributed by atoms with Gasteiger partial charge in [-0.1, -0.05) is 25.0 Å². The van der Waals surface area contributed by atoms with E-state index < -0.39 is 0 Å². The molecule has 1 amide bonds. The fraction of sp³-hybridized carbons (Fsp3) is 0.500. The lowest BCUT2D eigenvalue weighted by atomic mass is 10.1. The van der Waals surface area contributed by atoms with Gasteiger partial charge in [0.1, 0.15) is 0 Å². The second-order valence-corrected chi connectivity index (χ2v) is 5.84. The summed E-state index contributed by atoms with van der Waals surface area (Å²) in [5, 5.41) is 3.01. The van der Waals surface area contributed by atoms with Gasteiger partial charge in [-0.3, -0.25) is 9.36 Å². The second-order valence-electron chi connectivity index (χ2n) is 5.84. The zero-order valence-corrected chi connectivity index (χ0v) is 12.2. The maximum absolute atomic E-state index is 12.1. The highest BCUT2D eigenvalue weighted by atomic mass is 16.4. The quantitative estimate of drug-likeness (QED) is 0.938. The molecule has 1 aromatic carbocycles. The number of para-hydroxylation sites is 2. The fourth-order valence-corrected chi connectivity index (χ4v) is 3.06. The number of fused-ring (bicyclic) bond motifs is 1. The van der Waals surface area contributed by atoms with Crippen LogP contribution in [0, 0.1) is 5.92 Å². The van der Waals surface area contributed by atoms with Gasteiger partial charge in [0.2, 0.25) is 5.91 Å². The molecule has 1 aliphatic rings. The van der Waals surface area contributed by atoms with Gasteiger partial charge in [-0.05, 0) is 31.9 Å². The zero-order chi connectivity index (χ0) is 14.8. The molecular formula is C16H20N2O3. The summed E-state index contributed by atoms with van der Waals surface area (Å²) in [7, 11) is 0. The first-order valence-electron chi connectivity index (χ1n) is 7.54. The molecule has 0 saturated heterocycles. The molecule has 0 radical (unpaired) electrons. The summed E-state index contributed by atoms with van der Waals surface area (Å²) >= 11 is 0. The molecule has 0 unspecified atom stereocenters. The van der Waals surface area contributed by atoms with Gasteiger partial charge in [0, 0.05) is 18.5 Å². The third kappa shape index (κ3) is 2.86. The highest BCUT2D eigenvalue weighted by molar-refractivity contribution is 5.79. The normalized spacial score (nSPS) is 17.2. The topological polar surface area (TPSA) is 64.2 Å². The standard InChI is InChI=1S/C16H20N2O3/c1-11(17-15(19)12-6-2-3-7-12)10-18-13-8-4-5-9-14(13)21-16(18)20/h4-5,8-9,11-12H,2-3,6-7,10H2,1H3,(H,17,19)/t11-/m1/s1. The average Bonchev–Trinajstić information content (AvgIpc) is 3.08. The van der Waals surface area contributed by atoms with Crippen molar-refractivity contribution >= 4 is 17.0 Å². The van der Waals surface area contributed by atoms with E-state index in [-0.39, 0.29) is 23.6 Å². The van der Waals surface area contributed by atoms with Crippen molar-refractivity contribution in [3.8, 4) is 0 Å². The van der Waals surface area contributed by atoms with E-state index in [2.05, 4.69) is 5.32 Å². The molecule has 3 rings (SSSR count). The number of amides is 1. The van der Waals surface area contributed by atoms with E-state index >= 15 is 0 Å². The Morgan fingerprint density at radius 1 is 1.38 bits per heavy atom. The molecule has 1 fully saturated rings. The van der Waals surface area contributed by atoms with Gasteiger partial charge in [-0.2, -0.15) is 0 Å². The van der Waals surface area contributed by atoms with E-state index in [0.29, 0.717) is 12.1 Å². The number of rotatable bonds is 4. The Morgan fingerprint density at radius 3 is 2.86 bits per heavy atom. The van der Waals surface area contributed by atoms with Crippen LogP contribution in [0.3, 0.4) is 0 Å². The Kier molecular flexibility index (Phi) is 3.82. The molecule has 112 valence electrons. The van der Waals surface area contributed by atoms with Crippen LogP contribution in [0.1, 0.15) is 32.6 Å². The molecular weight excluding hydrogens is 268 g/mol.